The molecular formula is C19H18N6O4. The third-order valence-corrected chi connectivity index (χ3v) is 3.73. The Balaban J connectivity index is 2.06. The zero-order valence-corrected chi connectivity index (χ0v) is 15.6. The third-order valence-electron chi connectivity index (χ3n) is 3.73. The van der Waals surface area contributed by atoms with E-state index >= 15 is 0 Å². The van der Waals surface area contributed by atoms with Gasteiger partial charge in [-0.3, -0.25) is 15.0 Å². The molecule has 0 saturated heterocycles. The Morgan fingerprint density at radius 2 is 1.24 bits per heavy atom. The number of nitrogens with zero attached hydrogens (tertiary/aromatic N) is 4. The molecule has 4 N–H and O–H groups in total. The standard InChI is InChI=1S/C19H18N6O4/c1-25(2)24-23-19-21-17(15(28)11-7-3-5-9-13(11)26)20-18(22-19)16(29)12-8-4-6-10-14(12)27/h3-10,24,26-27H,1-2H3,(H,20,21,22,23). The van der Waals surface area contributed by atoms with Crippen molar-refractivity contribution in [3.05, 3.63) is 71.3 Å². The van der Waals surface area contributed by atoms with E-state index in [-0.39, 0.29) is 40.2 Å². The monoisotopic (exact) mass is 394 g/mol. The number of carbonyl (C=O) groups excluding carboxylic acids is 2. The highest BCUT2D eigenvalue weighted by atomic mass is 16.3. The van der Waals surface area contributed by atoms with Gasteiger partial charge in [-0.15, -0.1) is 0 Å². The van der Waals surface area contributed by atoms with Gasteiger partial charge in [-0.1, -0.05) is 24.3 Å². The SMILES string of the molecule is CN(C)NNc1nc(C(=O)c2ccccc2O)nc(C(=O)c2ccccc2O)n1. The van der Waals surface area contributed by atoms with Gasteiger partial charge in [0.15, 0.2) is 0 Å². The largest absolute Gasteiger partial charge is 0.507 e. The number of hydrazine groups is 2. The molecule has 0 fully saturated rings. The number of hydrogen-bond acceptors (Lipinski definition) is 10. The fraction of sp³-hybridized carbons (Fsp3) is 0.105. The van der Waals surface area contributed by atoms with Crippen LogP contribution >= 0.6 is 0 Å². The van der Waals surface area contributed by atoms with Gasteiger partial charge in [-0.25, -0.2) is 9.99 Å². The predicted octanol–water partition coefficient (Wildman–Crippen LogP) is 1.14. The van der Waals surface area contributed by atoms with Gasteiger partial charge in [-0.05, 0) is 24.3 Å². The van der Waals surface area contributed by atoms with Gasteiger partial charge < -0.3 is 10.2 Å². The molecule has 29 heavy (non-hydrogen) atoms. The number of nitrogens with one attached hydrogen (secondary N) is 2. The van der Waals surface area contributed by atoms with Gasteiger partial charge in [0.1, 0.15) is 11.5 Å². The number of benzene rings is 2. The second-order valence-electron chi connectivity index (χ2n) is 6.13. The number of aromatic nitrogens is 3. The van der Waals surface area contributed by atoms with Gasteiger partial charge in [0.05, 0.1) is 11.1 Å². The molecule has 10 nitrogen and oxygen atoms in total. The van der Waals surface area contributed by atoms with E-state index in [0.717, 1.165) is 0 Å². The molecule has 0 aliphatic carbocycles. The van der Waals surface area contributed by atoms with E-state index in [9.17, 15) is 19.8 Å². The summed E-state index contributed by atoms with van der Waals surface area (Å²) in [5.74, 6) is -2.65. The van der Waals surface area contributed by atoms with Crippen LogP contribution in [0.25, 0.3) is 0 Å². The molecule has 1 aromatic heterocycles. The maximum atomic E-state index is 12.8. The maximum absolute atomic E-state index is 12.8. The number of para-hydroxylation sites is 2. The van der Waals surface area contributed by atoms with Crippen molar-refractivity contribution >= 4 is 17.5 Å². The second kappa shape index (κ2) is 8.42. The average Bonchev–Trinajstić information content (AvgIpc) is 2.72. The first-order valence-electron chi connectivity index (χ1n) is 8.47. The third kappa shape index (κ3) is 4.51. The topological polar surface area (TPSA) is 141 Å². The smallest absolute Gasteiger partial charge is 0.242 e. The van der Waals surface area contributed by atoms with E-state index in [4.69, 9.17) is 0 Å². The van der Waals surface area contributed by atoms with E-state index in [1.165, 1.54) is 24.3 Å². The van der Waals surface area contributed by atoms with Gasteiger partial charge in [0.25, 0.3) is 0 Å². The van der Waals surface area contributed by atoms with Crippen molar-refractivity contribution in [2.45, 2.75) is 0 Å². The molecule has 2 aromatic carbocycles. The van der Waals surface area contributed by atoms with E-state index in [0.29, 0.717) is 0 Å². The summed E-state index contributed by atoms with van der Waals surface area (Å²) < 4.78 is 0. The molecule has 0 radical (unpaired) electrons. The Kier molecular flexibility index (Phi) is 5.77. The number of ketones is 2. The molecule has 148 valence electrons. The Morgan fingerprint density at radius 1 is 0.793 bits per heavy atom. The summed E-state index contributed by atoms with van der Waals surface area (Å²) >= 11 is 0. The zero-order valence-electron chi connectivity index (χ0n) is 15.6. The van der Waals surface area contributed by atoms with E-state index in [2.05, 4.69) is 25.9 Å². The molecule has 3 aromatic rings. The van der Waals surface area contributed by atoms with Gasteiger partial charge in [0, 0.05) is 14.1 Å². The fourth-order valence-corrected chi connectivity index (χ4v) is 2.37. The summed E-state index contributed by atoms with van der Waals surface area (Å²) in [7, 11) is 3.41. The molecule has 0 bridgehead atoms. The Labute approximate surface area is 165 Å². The number of rotatable bonds is 7. The summed E-state index contributed by atoms with van der Waals surface area (Å²) in [6.07, 6.45) is 0. The minimum atomic E-state index is -0.690. The normalized spacial score (nSPS) is 10.7. The lowest BCUT2D eigenvalue weighted by atomic mass is 10.1. The van der Waals surface area contributed by atoms with E-state index in [1.54, 1.807) is 43.4 Å². The minimum absolute atomic E-state index is 0.0221. The predicted molar refractivity (Wildman–Crippen MR) is 103 cm³/mol. The molecule has 10 heteroatoms. The molecule has 0 amide bonds. The van der Waals surface area contributed by atoms with Crippen molar-refractivity contribution < 1.29 is 19.8 Å². The number of phenols is 2. The van der Waals surface area contributed by atoms with Crippen molar-refractivity contribution in [2.24, 2.45) is 0 Å². The van der Waals surface area contributed by atoms with Crippen LogP contribution in [-0.4, -0.2) is 55.8 Å². The van der Waals surface area contributed by atoms with Crippen molar-refractivity contribution in [3.63, 3.8) is 0 Å². The first-order valence-corrected chi connectivity index (χ1v) is 8.47. The van der Waals surface area contributed by atoms with Crippen molar-refractivity contribution in [3.8, 4) is 11.5 Å². The van der Waals surface area contributed by atoms with Crippen molar-refractivity contribution in [2.75, 3.05) is 19.5 Å². The lowest BCUT2D eigenvalue weighted by molar-refractivity contribution is 0.102. The highest BCUT2D eigenvalue weighted by Crippen LogP contribution is 2.21. The number of phenolic OH excluding ortho intramolecular Hbond substituents is 2. The molecule has 0 spiro atoms. The highest BCUT2D eigenvalue weighted by Gasteiger charge is 2.23. The van der Waals surface area contributed by atoms with Gasteiger partial charge >= 0.3 is 0 Å². The summed E-state index contributed by atoms with van der Waals surface area (Å²) in [4.78, 5) is 37.6. The molecule has 1 heterocycles. The van der Waals surface area contributed by atoms with Crippen LogP contribution in [0.15, 0.2) is 48.5 Å². The summed E-state index contributed by atoms with van der Waals surface area (Å²) in [6, 6.07) is 11.8. The van der Waals surface area contributed by atoms with Crippen molar-refractivity contribution in [1.82, 2.24) is 25.5 Å². The van der Waals surface area contributed by atoms with Crippen LogP contribution in [0, 0.1) is 0 Å². The number of aromatic hydroxyl groups is 2. The van der Waals surface area contributed by atoms with Crippen molar-refractivity contribution in [1.29, 1.82) is 0 Å². The highest BCUT2D eigenvalue weighted by molar-refractivity contribution is 6.11. The van der Waals surface area contributed by atoms with E-state index in [1.807, 2.05) is 0 Å². The minimum Gasteiger partial charge on any atom is -0.507 e. The van der Waals surface area contributed by atoms with Crippen LogP contribution in [0.5, 0.6) is 11.5 Å². The average molecular weight is 394 g/mol. The number of anilines is 1. The number of hydrogen-bond donors (Lipinski definition) is 4. The molecular weight excluding hydrogens is 376 g/mol. The second-order valence-corrected chi connectivity index (χ2v) is 6.13. The molecule has 0 unspecified atom stereocenters. The van der Waals surface area contributed by atoms with E-state index < -0.39 is 11.6 Å². The summed E-state index contributed by atoms with van der Waals surface area (Å²) in [6.45, 7) is 0. The number of carbonyl (C=O) groups is 2. The lowest BCUT2D eigenvalue weighted by Gasteiger charge is -2.14. The summed E-state index contributed by atoms with van der Waals surface area (Å²) in [5.41, 5.74) is 5.31. The molecule has 0 aliphatic rings. The first kappa shape index (κ1) is 19.9. The molecule has 0 aliphatic heterocycles. The Morgan fingerprint density at radius 3 is 1.66 bits per heavy atom. The summed E-state index contributed by atoms with van der Waals surface area (Å²) in [5, 5.41) is 21.5. The first-order chi connectivity index (χ1) is 13.9. The van der Waals surface area contributed by atoms with Crippen LogP contribution in [0.2, 0.25) is 0 Å². The Hall–Kier alpha value is -3.89. The fourth-order valence-electron chi connectivity index (χ4n) is 2.37. The van der Waals surface area contributed by atoms with Crippen LogP contribution in [0.1, 0.15) is 32.4 Å². The van der Waals surface area contributed by atoms with Gasteiger partial charge in [0.2, 0.25) is 29.2 Å². The zero-order chi connectivity index (χ0) is 21.0. The van der Waals surface area contributed by atoms with Crippen LogP contribution < -0.4 is 11.0 Å². The van der Waals surface area contributed by atoms with Crippen LogP contribution in [0.3, 0.4) is 0 Å². The maximum Gasteiger partial charge on any atom is 0.242 e. The van der Waals surface area contributed by atoms with Gasteiger partial charge in [-0.2, -0.15) is 15.5 Å². The molecule has 0 saturated carbocycles. The molecule has 3 rings (SSSR count). The quantitative estimate of drug-likeness (QED) is 0.340. The van der Waals surface area contributed by atoms with Crippen LogP contribution in [0.4, 0.5) is 5.95 Å². The molecule has 0 atom stereocenters. The van der Waals surface area contributed by atoms with Crippen LogP contribution in [-0.2, 0) is 0 Å². The lowest BCUT2D eigenvalue weighted by Crippen LogP contribution is -2.36. The Bertz CT molecular complexity index is 994.